The highest BCUT2D eigenvalue weighted by atomic mass is 35.5. The molecule has 0 spiro atoms. The van der Waals surface area contributed by atoms with Gasteiger partial charge in [0.2, 0.25) is 11.8 Å². The van der Waals surface area contributed by atoms with Crippen molar-refractivity contribution in [2.75, 3.05) is 31.5 Å². The van der Waals surface area contributed by atoms with Crippen molar-refractivity contribution in [1.82, 2.24) is 9.80 Å². The third-order valence-corrected chi connectivity index (χ3v) is 6.38. The van der Waals surface area contributed by atoms with E-state index < -0.39 is 0 Å². The number of likely N-dealkylation sites (tertiary alicyclic amines) is 2. The molecule has 29 heavy (non-hydrogen) atoms. The zero-order chi connectivity index (χ0) is 20.4. The van der Waals surface area contributed by atoms with Gasteiger partial charge in [0.05, 0.1) is 17.2 Å². The van der Waals surface area contributed by atoms with Crippen LogP contribution in [0.1, 0.15) is 55.3 Å². The zero-order valence-electron chi connectivity index (χ0n) is 16.7. The summed E-state index contributed by atoms with van der Waals surface area (Å²) in [6, 6.07) is 5.02. The van der Waals surface area contributed by atoms with Crippen LogP contribution in [-0.4, -0.2) is 53.7 Å². The lowest BCUT2D eigenvalue weighted by Gasteiger charge is -2.32. The molecular weight excluding hydrogens is 390 g/mol. The number of carbonyl (C=O) groups is 3. The first kappa shape index (κ1) is 20.2. The number of piperidine rings is 2. The highest BCUT2D eigenvalue weighted by molar-refractivity contribution is 6.31. The number of hydrogen-bond acceptors (Lipinski definition) is 3. The Morgan fingerprint density at radius 1 is 0.897 bits per heavy atom. The number of nitrogens with zero attached hydrogens (tertiary/aromatic N) is 2. The van der Waals surface area contributed by atoms with E-state index >= 15 is 0 Å². The molecule has 3 fully saturated rings. The molecule has 3 aliphatic rings. The van der Waals surface area contributed by atoms with Gasteiger partial charge in [-0.25, -0.2) is 0 Å². The van der Waals surface area contributed by atoms with E-state index in [4.69, 9.17) is 11.6 Å². The smallest absolute Gasteiger partial charge is 0.255 e. The van der Waals surface area contributed by atoms with Gasteiger partial charge in [0.25, 0.3) is 5.91 Å². The summed E-state index contributed by atoms with van der Waals surface area (Å²) in [4.78, 5) is 42.0. The number of amides is 3. The molecule has 2 heterocycles. The summed E-state index contributed by atoms with van der Waals surface area (Å²) in [5.74, 6) is -0.118. The summed E-state index contributed by atoms with van der Waals surface area (Å²) >= 11 is 6.15. The van der Waals surface area contributed by atoms with E-state index in [1.54, 1.807) is 18.2 Å². The lowest BCUT2D eigenvalue weighted by Crippen LogP contribution is -2.44. The lowest BCUT2D eigenvalue weighted by atomic mass is 9.96. The molecule has 1 saturated carbocycles. The predicted molar refractivity (Wildman–Crippen MR) is 112 cm³/mol. The van der Waals surface area contributed by atoms with Crippen LogP contribution in [0.5, 0.6) is 0 Å². The summed E-state index contributed by atoms with van der Waals surface area (Å²) in [6.45, 7) is 2.68. The molecule has 1 unspecified atom stereocenters. The van der Waals surface area contributed by atoms with Gasteiger partial charge < -0.3 is 15.1 Å². The van der Waals surface area contributed by atoms with Crippen LogP contribution in [0.3, 0.4) is 0 Å². The molecule has 2 saturated heterocycles. The van der Waals surface area contributed by atoms with E-state index in [1.165, 1.54) is 0 Å². The van der Waals surface area contributed by atoms with Gasteiger partial charge in [0.15, 0.2) is 0 Å². The van der Waals surface area contributed by atoms with Crippen molar-refractivity contribution in [3.05, 3.63) is 28.8 Å². The molecule has 7 heteroatoms. The Kier molecular flexibility index (Phi) is 6.09. The highest BCUT2D eigenvalue weighted by Gasteiger charge is 2.37. The molecule has 1 N–H and O–H groups in total. The van der Waals surface area contributed by atoms with Gasteiger partial charge in [-0.15, -0.1) is 0 Å². The van der Waals surface area contributed by atoms with Crippen molar-refractivity contribution in [1.29, 1.82) is 0 Å². The van der Waals surface area contributed by atoms with E-state index in [9.17, 15) is 14.4 Å². The number of nitrogens with one attached hydrogen (secondary N) is 1. The van der Waals surface area contributed by atoms with Crippen LogP contribution in [0, 0.1) is 11.8 Å². The number of rotatable bonds is 4. The van der Waals surface area contributed by atoms with E-state index in [-0.39, 0.29) is 29.6 Å². The minimum atomic E-state index is -0.261. The number of hydrogen-bond donors (Lipinski definition) is 1. The SMILES string of the molecule is O=C(Nc1cc(Cl)ccc1C(=O)N1CCCCC1)C1CCCN(C(=O)C2CC2)C1. The fraction of sp³-hybridized carbons (Fsp3) is 0.591. The Balaban J connectivity index is 1.46. The first-order chi connectivity index (χ1) is 14.0. The molecule has 1 aromatic rings. The molecule has 0 radical (unpaired) electrons. The van der Waals surface area contributed by atoms with Crippen LogP contribution >= 0.6 is 11.6 Å². The fourth-order valence-electron chi connectivity index (χ4n) is 4.29. The fourth-order valence-corrected chi connectivity index (χ4v) is 4.46. The van der Waals surface area contributed by atoms with Crippen LogP contribution in [0.4, 0.5) is 5.69 Å². The van der Waals surface area contributed by atoms with Gasteiger partial charge in [-0.05, 0) is 63.1 Å². The first-order valence-corrected chi connectivity index (χ1v) is 11.1. The maximum atomic E-state index is 13.0. The van der Waals surface area contributed by atoms with Crippen LogP contribution in [0.25, 0.3) is 0 Å². The summed E-state index contributed by atoms with van der Waals surface area (Å²) in [7, 11) is 0. The average molecular weight is 418 g/mol. The summed E-state index contributed by atoms with van der Waals surface area (Å²) in [5.41, 5.74) is 0.940. The number of halogens is 1. The number of benzene rings is 1. The second kappa shape index (κ2) is 8.74. The van der Waals surface area contributed by atoms with Crippen LogP contribution in [0.2, 0.25) is 5.02 Å². The lowest BCUT2D eigenvalue weighted by molar-refractivity contribution is -0.135. The molecule has 156 valence electrons. The molecule has 3 amide bonds. The molecule has 0 bridgehead atoms. The largest absolute Gasteiger partial charge is 0.342 e. The van der Waals surface area contributed by atoms with Crippen molar-refractivity contribution in [2.45, 2.75) is 44.9 Å². The molecule has 2 aliphatic heterocycles. The van der Waals surface area contributed by atoms with Crippen LogP contribution < -0.4 is 5.32 Å². The Hall–Kier alpha value is -2.08. The average Bonchev–Trinajstić information content (AvgIpc) is 3.59. The summed E-state index contributed by atoms with van der Waals surface area (Å²) < 4.78 is 0. The maximum absolute atomic E-state index is 13.0. The quantitative estimate of drug-likeness (QED) is 0.814. The normalized spacial score (nSPS) is 22.3. The predicted octanol–water partition coefficient (Wildman–Crippen LogP) is 3.55. The van der Waals surface area contributed by atoms with Crippen molar-refractivity contribution < 1.29 is 14.4 Å². The van der Waals surface area contributed by atoms with Crippen molar-refractivity contribution in [3.8, 4) is 0 Å². The first-order valence-electron chi connectivity index (χ1n) is 10.7. The second-order valence-corrected chi connectivity index (χ2v) is 8.87. The van der Waals surface area contributed by atoms with E-state index in [1.807, 2.05) is 9.80 Å². The number of carbonyl (C=O) groups excluding carboxylic acids is 3. The van der Waals surface area contributed by atoms with Crippen molar-refractivity contribution >= 4 is 35.0 Å². The molecular formula is C22H28ClN3O3. The molecule has 1 aromatic carbocycles. The molecule has 6 nitrogen and oxygen atoms in total. The summed E-state index contributed by atoms with van der Waals surface area (Å²) in [6.07, 6.45) is 6.67. The van der Waals surface area contributed by atoms with Crippen LogP contribution in [-0.2, 0) is 9.59 Å². The maximum Gasteiger partial charge on any atom is 0.255 e. The van der Waals surface area contributed by atoms with Crippen molar-refractivity contribution in [2.24, 2.45) is 11.8 Å². The Morgan fingerprint density at radius 2 is 1.62 bits per heavy atom. The van der Waals surface area contributed by atoms with Gasteiger partial charge in [-0.2, -0.15) is 0 Å². The standard InChI is InChI=1S/C22H28ClN3O3/c23-17-8-9-18(22(29)25-10-2-1-3-11-25)19(13-17)24-20(27)16-5-4-12-26(14-16)21(28)15-6-7-15/h8-9,13,15-16H,1-7,10-12,14H2,(H,24,27). The minimum absolute atomic E-state index is 0.0640. The van der Waals surface area contributed by atoms with Gasteiger partial charge in [-0.3, -0.25) is 14.4 Å². The highest BCUT2D eigenvalue weighted by Crippen LogP contribution is 2.33. The zero-order valence-corrected chi connectivity index (χ0v) is 17.4. The van der Waals surface area contributed by atoms with Gasteiger partial charge in [-0.1, -0.05) is 11.6 Å². The van der Waals surface area contributed by atoms with Crippen LogP contribution in [0.15, 0.2) is 18.2 Å². The minimum Gasteiger partial charge on any atom is -0.342 e. The molecule has 4 rings (SSSR count). The Bertz CT molecular complexity index is 802. The molecule has 0 aromatic heterocycles. The summed E-state index contributed by atoms with van der Waals surface area (Å²) in [5, 5.41) is 3.41. The topological polar surface area (TPSA) is 69.7 Å². The molecule has 1 aliphatic carbocycles. The monoisotopic (exact) mass is 417 g/mol. The Labute approximate surface area is 176 Å². The second-order valence-electron chi connectivity index (χ2n) is 8.43. The van der Waals surface area contributed by atoms with E-state index in [0.717, 1.165) is 64.6 Å². The third-order valence-electron chi connectivity index (χ3n) is 6.14. The Morgan fingerprint density at radius 3 is 2.34 bits per heavy atom. The van der Waals surface area contributed by atoms with E-state index in [2.05, 4.69) is 5.32 Å². The van der Waals surface area contributed by atoms with E-state index in [0.29, 0.717) is 22.8 Å². The third kappa shape index (κ3) is 4.74. The van der Waals surface area contributed by atoms with Gasteiger partial charge >= 0.3 is 0 Å². The number of anilines is 1. The molecule has 1 atom stereocenters. The van der Waals surface area contributed by atoms with Crippen molar-refractivity contribution in [3.63, 3.8) is 0 Å². The van der Waals surface area contributed by atoms with Gasteiger partial charge in [0.1, 0.15) is 0 Å². The van der Waals surface area contributed by atoms with Gasteiger partial charge in [0, 0.05) is 37.1 Å².